The van der Waals surface area contributed by atoms with Crippen LogP contribution in [0.15, 0.2) is 12.1 Å². The minimum Gasteiger partial charge on any atom is -0.381 e. The number of methoxy groups -OCH3 is 1. The third-order valence-electron chi connectivity index (χ3n) is 8.75. The first-order valence-corrected chi connectivity index (χ1v) is 14.2. The van der Waals surface area contributed by atoms with Gasteiger partial charge in [0.15, 0.2) is 5.82 Å². The number of rotatable bonds is 5. The number of ether oxygens (including phenoxy) is 1. The lowest BCUT2D eigenvalue weighted by atomic mass is 9.81. The van der Waals surface area contributed by atoms with E-state index in [0.29, 0.717) is 31.2 Å². The van der Waals surface area contributed by atoms with Crippen molar-refractivity contribution in [3.8, 4) is 17.5 Å². The molecule has 0 unspecified atom stereocenters. The van der Waals surface area contributed by atoms with Gasteiger partial charge in [-0.1, -0.05) is 19.9 Å². The molecule has 1 atom stereocenters. The average Bonchev–Trinajstić information content (AvgIpc) is 3.50. The summed E-state index contributed by atoms with van der Waals surface area (Å²) in [7, 11) is 3.36. The number of aromatic amines is 1. The molecule has 12 heteroatoms. The second-order valence-electron chi connectivity index (χ2n) is 12.0. The van der Waals surface area contributed by atoms with E-state index in [-0.39, 0.29) is 17.1 Å². The Kier molecular flexibility index (Phi) is 6.88. The van der Waals surface area contributed by atoms with Gasteiger partial charge in [0.05, 0.1) is 17.3 Å². The van der Waals surface area contributed by atoms with E-state index in [1.165, 1.54) is 4.68 Å². The number of nitrogens with zero attached hydrogens (tertiary/aromatic N) is 8. The van der Waals surface area contributed by atoms with E-state index >= 15 is 0 Å². The molecule has 0 saturated carbocycles. The highest BCUT2D eigenvalue weighted by atomic mass is 19.3. The summed E-state index contributed by atoms with van der Waals surface area (Å²) in [6, 6.07) is 6.02. The minimum atomic E-state index is -2.83. The SMILES string of the molecule is CO[C@@H]1CCN(c2nc(-c3c(C)ccc4n[nH]c(C)c34)nc3c2CN(c2c(C#N)c(C(F)F)nn2C)CC3)CC1(C)C. The second-order valence-corrected chi connectivity index (χ2v) is 12.0. The van der Waals surface area contributed by atoms with Gasteiger partial charge in [0.1, 0.15) is 29.0 Å². The van der Waals surface area contributed by atoms with Crippen LogP contribution in [0.3, 0.4) is 0 Å². The normalized spacial score (nSPS) is 18.5. The molecule has 3 aromatic heterocycles. The summed E-state index contributed by atoms with van der Waals surface area (Å²) in [6.45, 7) is 10.8. The molecule has 0 radical (unpaired) electrons. The second kappa shape index (κ2) is 10.3. The lowest BCUT2D eigenvalue weighted by Gasteiger charge is -2.45. The fourth-order valence-corrected chi connectivity index (χ4v) is 6.72. The number of aryl methyl sites for hydroxylation is 3. The number of fused-ring (bicyclic) bond motifs is 2. The number of hydrogen-bond acceptors (Lipinski definition) is 8. The van der Waals surface area contributed by atoms with Crippen molar-refractivity contribution in [3.63, 3.8) is 0 Å². The number of alkyl halides is 2. The number of H-pyrrole nitrogens is 1. The number of benzene rings is 1. The quantitative estimate of drug-likeness (QED) is 0.354. The Morgan fingerprint density at radius 2 is 1.95 bits per heavy atom. The van der Waals surface area contributed by atoms with Gasteiger partial charge >= 0.3 is 0 Å². The van der Waals surface area contributed by atoms with Crippen LogP contribution >= 0.6 is 0 Å². The summed E-state index contributed by atoms with van der Waals surface area (Å²) in [5.41, 5.74) is 4.98. The highest BCUT2D eigenvalue weighted by Gasteiger charge is 2.39. The largest absolute Gasteiger partial charge is 0.381 e. The first kappa shape index (κ1) is 28.0. The Labute approximate surface area is 243 Å². The average molecular weight is 576 g/mol. The smallest absolute Gasteiger partial charge is 0.283 e. The lowest BCUT2D eigenvalue weighted by molar-refractivity contribution is -0.00647. The van der Waals surface area contributed by atoms with Crippen LogP contribution in [0.2, 0.25) is 0 Å². The molecule has 0 spiro atoms. The zero-order chi connectivity index (χ0) is 29.9. The van der Waals surface area contributed by atoms with Crippen molar-refractivity contribution in [2.75, 3.05) is 36.5 Å². The Balaban J connectivity index is 1.51. The van der Waals surface area contributed by atoms with Crippen molar-refractivity contribution < 1.29 is 13.5 Å². The maximum atomic E-state index is 13.7. The van der Waals surface area contributed by atoms with Gasteiger partial charge in [-0.05, 0) is 31.9 Å². The van der Waals surface area contributed by atoms with Crippen LogP contribution in [0.25, 0.3) is 22.3 Å². The highest BCUT2D eigenvalue weighted by molar-refractivity contribution is 5.96. The number of piperidine rings is 1. The van der Waals surface area contributed by atoms with Crippen LogP contribution in [0.4, 0.5) is 20.4 Å². The van der Waals surface area contributed by atoms with Crippen LogP contribution in [0.5, 0.6) is 0 Å². The molecule has 42 heavy (non-hydrogen) atoms. The summed E-state index contributed by atoms with van der Waals surface area (Å²) < 4.78 is 34.6. The van der Waals surface area contributed by atoms with Crippen LogP contribution in [-0.2, 0) is 24.8 Å². The van der Waals surface area contributed by atoms with E-state index in [2.05, 4.69) is 41.0 Å². The Hall–Kier alpha value is -4.11. The number of nitriles is 1. The van der Waals surface area contributed by atoms with E-state index in [0.717, 1.165) is 64.3 Å². The zero-order valence-corrected chi connectivity index (χ0v) is 24.8. The summed E-state index contributed by atoms with van der Waals surface area (Å²) in [5.74, 6) is 1.87. The van der Waals surface area contributed by atoms with Crippen molar-refractivity contribution in [2.45, 2.75) is 59.6 Å². The third kappa shape index (κ3) is 4.47. The summed E-state index contributed by atoms with van der Waals surface area (Å²) in [4.78, 5) is 14.6. The zero-order valence-electron chi connectivity index (χ0n) is 24.8. The molecule has 0 bridgehead atoms. The summed E-state index contributed by atoms with van der Waals surface area (Å²) >= 11 is 0. The standard InChI is InChI=1S/C30H35F2N9O/c1-16-7-8-21-24(17(2)36-37-21)23(16)27-34-20-9-11-40(29-18(13-33)25(26(31)32)38-39(29)5)14-19(20)28(35-27)41-12-10-22(42-6)30(3,4)15-41/h7-8,22,26H,9-12,14-15H2,1-6H3,(H,36,37)/t22-/m1/s1. The maximum Gasteiger partial charge on any atom is 0.283 e. The number of hydrogen-bond donors (Lipinski definition) is 1. The molecule has 220 valence electrons. The monoisotopic (exact) mass is 575 g/mol. The molecule has 0 aliphatic carbocycles. The maximum absolute atomic E-state index is 13.7. The van der Waals surface area contributed by atoms with Crippen LogP contribution in [0, 0.1) is 30.6 Å². The van der Waals surface area contributed by atoms with Crippen molar-refractivity contribution in [3.05, 3.63) is 45.9 Å². The van der Waals surface area contributed by atoms with Crippen LogP contribution in [-0.4, -0.2) is 62.8 Å². The highest BCUT2D eigenvalue weighted by Crippen LogP contribution is 2.40. The Bertz CT molecular complexity index is 1720. The lowest BCUT2D eigenvalue weighted by Crippen LogP contribution is -2.50. The van der Waals surface area contributed by atoms with Crippen LogP contribution in [0.1, 0.15) is 60.5 Å². The number of halogens is 2. The van der Waals surface area contributed by atoms with Gasteiger partial charge in [-0.3, -0.25) is 9.78 Å². The van der Waals surface area contributed by atoms with Crippen molar-refractivity contribution in [2.24, 2.45) is 12.5 Å². The molecule has 4 aromatic rings. The summed E-state index contributed by atoms with van der Waals surface area (Å²) in [5, 5.41) is 22.4. The molecular weight excluding hydrogens is 540 g/mol. The predicted octanol–water partition coefficient (Wildman–Crippen LogP) is 4.99. The van der Waals surface area contributed by atoms with Gasteiger partial charge in [-0.25, -0.2) is 18.7 Å². The van der Waals surface area contributed by atoms with E-state index < -0.39 is 12.1 Å². The fraction of sp³-hybridized carbons (Fsp3) is 0.500. The van der Waals surface area contributed by atoms with E-state index in [4.69, 9.17) is 14.7 Å². The molecule has 10 nitrogen and oxygen atoms in total. The van der Waals surface area contributed by atoms with Gasteiger partial charge in [0.2, 0.25) is 0 Å². The van der Waals surface area contributed by atoms with E-state index in [1.54, 1.807) is 14.2 Å². The molecule has 1 fully saturated rings. The van der Waals surface area contributed by atoms with Crippen LogP contribution < -0.4 is 9.80 Å². The van der Waals surface area contributed by atoms with Gasteiger partial charge in [-0.15, -0.1) is 0 Å². The molecule has 1 N–H and O–H groups in total. The minimum absolute atomic E-state index is 0.0881. The van der Waals surface area contributed by atoms with Crippen molar-refractivity contribution >= 4 is 22.5 Å². The topological polar surface area (TPSA) is 112 Å². The van der Waals surface area contributed by atoms with Gasteiger partial charge < -0.3 is 14.5 Å². The fourth-order valence-electron chi connectivity index (χ4n) is 6.72. The molecule has 5 heterocycles. The molecular formula is C30H35F2N9O. The van der Waals surface area contributed by atoms with Crippen molar-refractivity contribution in [1.82, 2.24) is 29.9 Å². The van der Waals surface area contributed by atoms with E-state index in [9.17, 15) is 14.0 Å². The Morgan fingerprint density at radius 1 is 1.17 bits per heavy atom. The van der Waals surface area contributed by atoms with Gasteiger partial charge in [-0.2, -0.15) is 15.5 Å². The number of nitrogens with one attached hydrogen (secondary N) is 1. The van der Waals surface area contributed by atoms with E-state index in [1.807, 2.05) is 30.0 Å². The van der Waals surface area contributed by atoms with Gasteiger partial charge in [0.25, 0.3) is 6.43 Å². The molecule has 1 aromatic carbocycles. The summed E-state index contributed by atoms with van der Waals surface area (Å²) in [6.07, 6.45) is -1.31. The molecule has 2 aliphatic rings. The predicted molar refractivity (Wildman–Crippen MR) is 156 cm³/mol. The molecule has 1 saturated heterocycles. The Morgan fingerprint density at radius 3 is 2.64 bits per heavy atom. The molecule has 2 aliphatic heterocycles. The van der Waals surface area contributed by atoms with Crippen molar-refractivity contribution in [1.29, 1.82) is 5.26 Å². The first-order chi connectivity index (χ1) is 20.0. The first-order valence-electron chi connectivity index (χ1n) is 14.2. The third-order valence-corrected chi connectivity index (χ3v) is 8.75. The molecule has 6 rings (SSSR count). The molecule has 0 amide bonds. The van der Waals surface area contributed by atoms with Gasteiger partial charge in [0, 0.05) is 74.4 Å². The number of aromatic nitrogens is 6. The number of anilines is 2.